The molecule has 0 amide bonds. The van der Waals surface area contributed by atoms with E-state index in [9.17, 15) is 9.59 Å². The number of hydrogen-bond donors (Lipinski definition) is 1. The van der Waals surface area contributed by atoms with E-state index < -0.39 is 0 Å². The Kier molecular flexibility index (Phi) is 6.37. The van der Waals surface area contributed by atoms with Crippen molar-refractivity contribution in [1.82, 2.24) is 5.32 Å². The molecule has 0 radical (unpaired) electrons. The van der Waals surface area contributed by atoms with Crippen molar-refractivity contribution in [3.63, 3.8) is 0 Å². The van der Waals surface area contributed by atoms with E-state index in [1.807, 2.05) is 39.0 Å². The Morgan fingerprint density at radius 3 is 2.52 bits per heavy atom. The second-order valence-electron chi connectivity index (χ2n) is 5.73. The van der Waals surface area contributed by atoms with Crippen LogP contribution in [0, 0.1) is 0 Å². The van der Waals surface area contributed by atoms with E-state index in [1.54, 1.807) is 0 Å². The summed E-state index contributed by atoms with van der Waals surface area (Å²) in [4.78, 5) is 20.9. The van der Waals surface area contributed by atoms with E-state index in [4.69, 9.17) is 0 Å². The maximum atomic E-state index is 11.3. The number of carbonyl (C=O) groups is 2. The van der Waals surface area contributed by atoms with Crippen molar-refractivity contribution in [3.8, 4) is 0 Å². The van der Waals surface area contributed by atoms with Gasteiger partial charge in [0.25, 0.3) is 6.47 Å². The number of nitrogens with one attached hydrogen (secondary N) is 1. The second kappa shape index (κ2) is 7.78. The molecule has 1 aromatic rings. The summed E-state index contributed by atoms with van der Waals surface area (Å²) in [6, 6.07) is 5.74. The number of esters is 1. The van der Waals surface area contributed by atoms with Crippen LogP contribution in [0.25, 0.3) is 0 Å². The summed E-state index contributed by atoms with van der Waals surface area (Å²) in [5.41, 5.74) is 2.87. The second-order valence-corrected chi connectivity index (χ2v) is 5.73. The van der Waals surface area contributed by atoms with Crippen LogP contribution in [0.1, 0.15) is 42.3 Å². The highest BCUT2D eigenvalue weighted by Crippen LogP contribution is 2.16. The Morgan fingerprint density at radius 2 is 2.00 bits per heavy atom. The van der Waals surface area contributed by atoms with Crippen molar-refractivity contribution in [2.24, 2.45) is 0 Å². The number of fused-ring (bicyclic) bond motifs is 1. The van der Waals surface area contributed by atoms with Crippen molar-refractivity contribution < 1.29 is 19.1 Å². The fourth-order valence-electron chi connectivity index (χ4n) is 1.87. The minimum atomic E-state index is -0.318. The average molecular weight is 293 g/mol. The lowest BCUT2D eigenvalue weighted by atomic mass is 9.98. The molecule has 1 aliphatic rings. The summed E-state index contributed by atoms with van der Waals surface area (Å²) in [7, 11) is 1.41. The van der Waals surface area contributed by atoms with Gasteiger partial charge >= 0.3 is 5.97 Å². The first-order chi connectivity index (χ1) is 9.87. The van der Waals surface area contributed by atoms with Crippen LogP contribution in [0.5, 0.6) is 0 Å². The monoisotopic (exact) mass is 293 g/mol. The van der Waals surface area contributed by atoms with Crippen molar-refractivity contribution in [2.45, 2.75) is 39.3 Å². The van der Waals surface area contributed by atoms with E-state index in [-0.39, 0.29) is 11.6 Å². The van der Waals surface area contributed by atoms with Crippen LogP contribution in [0.15, 0.2) is 18.2 Å². The van der Waals surface area contributed by atoms with Gasteiger partial charge in [-0.05, 0) is 57.0 Å². The van der Waals surface area contributed by atoms with Crippen molar-refractivity contribution in [1.29, 1.82) is 0 Å². The molecule has 0 unspecified atom stereocenters. The molecule has 1 N–H and O–H groups in total. The van der Waals surface area contributed by atoms with Gasteiger partial charge in [-0.25, -0.2) is 4.79 Å². The largest absolute Gasteiger partial charge is 0.465 e. The Hall–Kier alpha value is -1.88. The van der Waals surface area contributed by atoms with Crippen LogP contribution in [0.4, 0.5) is 0 Å². The first-order valence-electron chi connectivity index (χ1n) is 6.89. The van der Waals surface area contributed by atoms with E-state index in [2.05, 4.69) is 14.8 Å². The summed E-state index contributed by atoms with van der Waals surface area (Å²) in [6.45, 7) is 7.80. The predicted molar refractivity (Wildman–Crippen MR) is 80.1 cm³/mol. The Bertz CT molecular complexity index is 492. The molecule has 0 saturated heterocycles. The zero-order chi connectivity index (χ0) is 15.9. The summed E-state index contributed by atoms with van der Waals surface area (Å²) in [5, 5.41) is 3.29. The highest BCUT2D eigenvalue weighted by Gasteiger charge is 2.12. The summed E-state index contributed by atoms with van der Waals surface area (Å²) in [6.07, 6.45) is 0.986. The first-order valence-corrected chi connectivity index (χ1v) is 6.89. The molecule has 21 heavy (non-hydrogen) atoms. The standard InChI is InChI=1S/C11H13NO2.C5H10O2/c1-14-11(13)9-2-3-10-7-12-5-4-8(10)6-9;1-5(2,3)7-4-6/h2-3,6,12H,4-5,7H2,1H3;4H,1-3H3. The van der Waals surface area contributed by atoms with Gasteiger partial charge in [0, 0.05) is 6.54 Å². The van der Waals surface area contributed by atoms with Gasteiger partial charge in [0.15, 0.2) is 0 Å². The van der Waals surface area contributed by atoms with Gasteiger partial charge < -0.3 is 14.8 Å². The molecule has 116 valence electrons. The molecule has 0 atom stereocenters. The highest BCUT2D eigenvalue weighted by atomic mass is 16.5. The Balaban J connectivity index is 0.000000270. The minimum absolute atomic E-state index is 0.258. The third-order valence-corrected chi connectivity index (χ3v) is 2.92. The van der Waals surface area contributed by atoms with Crippen molar-refractivity contribution in [3.05, 3.63) is 34.9 Å². The van der Waals surface area contributed by atoms with Crippen LogP contribution < -0.4 is 5.32 Å². The lowest BCUT2D eigenvalue weighted by molar-refractivity contribution is -0.138. The lowest BCUT2D eigenvalue weighted by Gasteiger charge is -2.17. The third-order valence-electron chi connectivity index (χ3n) is 2.92. The predicted octanol–water partition coefficient (Wildman–Crippen LogP) is 2.08. The maximum absolute atomic E-state index is 11.3. The van der Waals surface area contributed by atoms with Crippen LogP contribution in [-0.2, 0) is 27.2 Å². The number of methoxy groups -OCH3 is 1. The van der Waals surface area contributed by atoms with Crippen LogP contribution in [0.3, 0.4) is 0 Å². The summed E-state index contributed by atoms with van der Waals surface area (Å²) < 4.78 is 9.22. The maximum Gasteiger partial charge on any atom is 0.337 e. The molecule has 5 heteroatoms. The number of hydrogen-bond acceptors (Lipinski definition) is 5. The highest BCUT2D eigenvalue weighted by molar-refractivity contribution is 5.89. The molecule has 2 rings (SSSR count). The lowest BCUT2D eigenvalue weighted by Crippen LogP contribution is -2.23. The smallest absolute Gasteiger partial charge is 0.337 e. The zero-order valence-corrected chi connectivity index (χ0v) is 13.1. The van der Waals surface area contributed by atoms with Gasteiger partial charge in [0.05, 0.1) is 12.7 Å². The minimum Gasteiger partial charge on any atom is -0.465 e. The summed E-state index contributed by atoms with van der Waals surface area (Å²) in [5.74, 6) is -0.258. The van der Waals surface area contributed by atoms with Crippen molar-refractivity contribution >= 4 is 12.4 Å². The van der Waals surface area contributed by atoms with Gasteiger partial charge in [-0.2, -0.15) is 0 Å². The molecule has 1 heterocycles. The molecule has 0 aliphatic carbocycles. The molecule has 0 fully saturated rings. The zero-order valence-electron chi connectivity index (χ0n) is 13.1. The van der Waals surface area contributed by atoms with Crippen molar-refractivity contribution in [2.75, 3.05) is 13.7 Å². The fraction of sp³-hybridized carbons (Fsp3) is 0.500. The molecule has 1 aliphatic heterocycles. The van der Waals surface area contributed by atoms with Gasteiger partial charge in [0.2, 0.25) is 0 Å². The van der Waals surface area contributed by atoms with Gasteiger partial charge in [-0.1, -0.05) is 6.07 Å². The van der Waals surface area contributed by atoms with Crippen LogP contribution in [-0.4, -0.2) is 31.7 Å². The first kappa shape index (κ1) is 17.2. The SMILES string of the molecule is CC(C)(C)OC=O.COC(=O)c1ccc2c(c1)CCNC2. The summed E-state index contributed by atoms with van der Waals surface area (Å²) >= 11 is 0. The van der Waals surface area contributed by atoms with E-state index in [1.165, 1.54) is 18.2 Å². The van der Waals surface area contributed by atoms with Gasteiger partial charge in [-0.15, -0.1) is 0 Å². The molecule has 0 spiro atoms. The van der Waals surface area contributed by atoms with Gasteiger partial charge in [0.1, 0.15) is 5.60 Å². The average Bonchev–Trinajstić information content (AvgIpc) is 2.45. The topological polar surface area (TPSA) is 64.6 Å². The van der Waals surface area contributed by atoms with E-state index in [0.717, 1.165) is 19.5 Å². The third kappa shape index (κ3) is 5.95. The normalized spacial score (nSPS) is 13.3. The molecule has 1 aromatic carbocycles. The van der Waals surface area contributed by atoms with E-state index >= 15 is 0 Å². The molecule has 0 aromatic heterocycles. The molecular formula is C16H23NO4. The van der Waals surface area contributed by atoms with Gasteiger partial charge in [-0.3, -0.25) is 4.79 Å². The fourth-order valence-corrected chi connectivity index (χ4v) is 1.87. The van der Waals surface area contributed by atoms with Crippen LogP contribution in [0.2, 0.25) is 0 Å². The number of rotatable bonds is 2. The number of carbonyl (C=O) groups excluding carboxylic acids is 2. The molecule has 5 nitrogen and oxygen atoms in total. The van der Waals surface area contributed by atoms with Crippen LogP contribution >= 0.6 is 0 Å². The molecule has 0 saturated carbocycles. The van der Waals surface area contributed by atoms with E-state index in [0.29, 0.717) is 12.0 Å². The molecule has 0 bridgehead atoms. The molecular weight excluding hydrogens is 270 g/mol. The quantitative estimate of drug-likeness (QED) is 0.668. The number of benzene rings is 1. The Morgan fingerprint density at radius 1 is 1.29 bits per heavy atom. The number of ether oxygens (including phenoxy) is 2. The Labute approximate surface area is 125 Å².